The molecule has 0 amide bonds. The van der Waals surface area contributed by atoms with Gasteiger partial charge in [-0.15, -0.1) is 11.8 Å². The van der Waals surface area contributed by atoms with E-state index >= 15 is 0 Å². The van der Waals surface area contributed by atoms with E-state index in [1.165, 1.54) is 11.3 Å². The smallest absolute Gasteiger partial charge is 0.150 e. The Kier molecular flexibility index (Phi) is 4.40. The van der Waals surface area contributed by atoms with Crippen molar-refractivity contribution < 1.29 is 4.79 Å². The minimum absolute atomic E-state index is 0.384. The van der Waals surface area contributed by atoms with E-state index in [2.05, 4.69) is 26.8 Å². The first kappa shape index (κ1) is 12.3. The van der Waals surface area contributed by atoms with E-state index in [-0.39, 0.29) is 0 Å². The summed E-state index contributed by atoms with van der Waals surface area (Å²) in [6.07, 6.45) is 2.08. The number of hydrogen-bond acceptors (Lipinski definition) is 2. The third kappa shape index (κ3) is 5.03. The number of thioether (sulfide) groups is 1. The first-order valence-corrected chi connectivity index (χ1v) is 6.18. The maximum atomic E-state index is 10.6. The fourth-order valence-corrected chi connectivity index (χ4v) is 2.50. The summed E-state index contributed by atoms with van der Waals surface area (Å²) in [6, 6.07) is 7.77. The highest BCUT2D eigenvalue weighted by Crippen LogP contribution is 2.25. The molecule has 15 heavy (non-hydrogen) atoms. The van der Waals surface area contributed by atoms with E-state index in [9.17, 15) is 4.79 Å². The van der Waals surface area contributed by atoms with E-state index in [0.29, 0.717) is 5.41 Å². The van der Waals surface area contributed by atoms with Gasteiger partial charge < -0.3 is 0 Å². The Morgan fingerprint density at radius 2 is 2.07 bits per heavy atom. The van der Waals surface area contributed by atoms with Gasteiger partial charge in [0.05, 0.1) is 0 Å². The van der Waals surface area contributed by atoms with Crippen LogP contribution in [0.4, 0.5) is 0 Å². The van der Waals surface area contributed by atoms with Crippen LogP contribution in [0.5, 0.6) is 0 Å². The van der Waals surface area contributed by atoms with Crippen LogP contribution in [0, 0.1) is 5.41 Å². The number of aldehydes is 1. The van der Waals surface area contributed by atoms with Crippen LogP contribution >= 0.6 is 11.8 Å². The number of hydrogen-bond donors (Lipinski definition) is 0. The molecular formula is C13H18OS. The van der Waals surface area contributed by atoms with Gasteiger partial charge in [-0.1, -0.05) is 32.9 Å². The molecule has 0 radical (unpaired) electrons. The van der Waals surface area contributed by atoms with Crippen molar-refractivity contribution in [2.45, 2.75) is 32.1 Å². The molecule has 1 aromatic rings. The van der Waals surface area contributed by atoms with Gasteiger partial charge >= 0.3 is 0 Å². The van der Waals surface area contributed by atoms with Crippen LogP contribution in [0.2, 0.25) is 0 Å². The van der Waals surface area contributed by atoms with Crippen LogP contribution in [-0.4, -0.2) is 12.0 Å². The predicted molar refractivity (Wildman–Crippen MR) is 66.6 cm³/mol. The summed E-state index contributed by atoms with van der Waals surface area (Å²) < 4.78 is 0. The fraction of sp³-hybridized carbons (Fsp3) is 0.462. The summed E-state index contributed by atoms with van der Waals surface area (Å²) in [5.41, 5.74) is 1.14. The van der Waals surface area contributed by atoms with Crippen LogP contribution in [0.1, 0.15) is 37.6 Å². The second-order valence-electron chi connectivity index (χ2n) is 4.85. The van der Waals surface area contributed by atoms with Crippen molar-refractivity contribution in [1.29, 1.82) is 0 Å². The summed E-state index contributed by atoms with van der Waals surface area (Å²) >= 11 is 1.82. The van der Waals surface area contributed by atoms with Gasteiger partial charge in [-0.25, -0.2) is 0 Å². The van der Waals surface area contributed by atoms with Gasteiger partial charge in [-0.2, -0.15) is 0 Å². The summed E-state index contributed by atoms with van der Waals surface area (Å²) in [7, 11) is 0. The SMILES string of the molecule is CC(C)(C)CCSc1cccc(C=O)c1. The molecule has 1 nitrogen and oxygen atoms in total. The lowest BCUT2D eigenvalue weighted by atomic mass is 9.94. The van der Waals surface area contributed by atoms with E-state index in [4.69, 9.17) is 0 Å². The molecule has 0 atom stereocenters. The van der Waals surface area contributed by atoms with Crippen molar-refractivity contribution in [1.82, 2.24) is 0 Å². The second kappa shape index (κ2) is 5.36. The summed E-state index contributed by atoms with van der Waals surface area (Å²) in [6.45, 7) is 6.74. The van der Waals surface area contributed by atoms with E-state index in [0.717, 1.165) is 17.6 Å². The highest BCUT2D eigenvalue weighted by molar-refractivity contribution is 7.99. The van der Waals surface area contributed by atoms with Gasteiger partial charge in [0.1, 0.15) is 6.29 Å². The number of carbonyl (C=O) groups is 1. The second-order valence-corrected chi connectivity index (χ2v) is 6.02. The van der Waals surface area contributed by atoms with Crippen molar-refractivity contribution in [3.63, 3.8) is 0 Å². The molecule has 82 valence electrons. The maximum absolute atomic E-state index is 10.6. The molecule has 0 spiro atoms. The molecule has 0 fully saturated rings. The summed E-state index contributed by atoms with van der Waals surface area (Å²) in [5.74, 6) is 1.10. The topological polar surface area (TPSA) is 17.1 Å². The molecule has 0 aliphatic carbocycles. The molecule has 0 N–H and O–H groups in total. The highest BCUT2D eigenvalue weighted by atomic mass is 32.2. The highest BCUT2D eigenvalue weighted by Gasteiger charge is 2.09. The molecule has 0 unspecified atom stereocenters. The Hall–Kier alpha value is -0.760. The minimum atomic E-state index is 0.384. The summed E-state index contributed by atoms with van der Waals surface area (Å²) in [4.78, 5) is 11.8. The van der Waals surface area contributed by atoms with E-state index in [1.807, 2.05) is 30.0 Å². The zero-order valence-electron chi connectivity index (χ0n) is 9.62. The number of rotatable bonds is 4. The average Bonchev–Trinajstić information content (AvgIpc) is 2.16. The third-order valence-electron chi connectivity index (χ3n) is 2.11. The van der Waals surface area contributed by atoms with Crippen LogP contribution in [0.15, 0.2) is 29.2 Å². The van der Waals surface area contributed by atoms with Crippen molar-refractivity contribution in [2.24, 2.45) is 5.41 Å². The molecule has 2 heteroatoms. The van der Waals surface area contributed by atoms with Crippen molar-refractivity contribution >= 4 is 18.0 Å². The van der Waals surface area contributed by atoms with Crippen molar-refractivity contribution in [2.75, 3.05) is 5.75 Å². The Morgan fingerprint density at radius 3 is 2.67 bits per heavy atom. The predicted octanol–water partition coefficient (Wildman–Crippen LogP) is 4.03. The lowest BCUT2D eigenvalue weighted by Gasteiger charge is -2.17. The lowest BCUT2D eigenvalue weighted by molar-refractivity contribution is 0.112. The zero-order chi connectivity index (χ0) is 11.3. The van der Waals surface area contributed by atoms with Gasteiger partial charge in [0.25, 0.3) is 0 Å². The quantitative estimate of drug-likeness (QED) is 0.565. The average molecular weight is 222 g/mol. The normalized spacial score (nSPS) is 11.4. The van der Waals surface area contributed by atoms with Gasteiger partial charge in [0, 0.05) is 10.5 Å². The molecular weight excluding hydrogens is 204 g/mol. The van der Waals surface area contributed by atoms with Crippen molar-refractivity contribution in [3.05, 3.63) is 29.8 Å². The van der Waals surface area contributed by atoms with Gasteiger partial charge in [-0.05, 0) is 29.7 Å². The van der Waals surface area contributed by atoms with Crippen LogP contribution in [0.3, 0.4) is 0 Å². The summed E-state index contributed by atoms with van der Waals surface area (Å²) in [5, 5.41) is 0. The molecule has 0 bridgehead atoms. The Bertz CT molecular complexity index is 326. The van der Waals surface area contributed by atoms with Gasteiger partial charge in [0.2, 0.25) is 0 Å². The molecule has 0 saturated carbocycles. The zero-order valence-corrected chi connectivity index (χ0v) is 10.4. The Labute approximate surface area is 96.3 Å². The first-order chi connectivity index (χ1) is 7.01. The van der Waals surface area contributed by atoms with Crippen molar-refractivity contribution in [3.8, 4) is 0 Å². The molecule has 0 saturated heterocycles. The minimum Gasteiger partial charge on any atom is -0.298 e. The third-order valence-corrected chi connectivity index (χ3v) is 3.11. The van der Waals surface area contributed by atoms with Gasteiger partial charge in [0.15, 0.2) is 0 Å². The van der Waals surface area contributed by atoms with E-state index < -0.39 is 0 Å². The number of carbonyl (C=O) groups excluding carboxylic acids is 1. The molecule has 1 rings (SSSR count). The Balaban J connectivity index is 2.47. The maximum Gasteiger partial charge on any atom is 0.150 e. The van der Waals surface area contributed by atoms with Crippen LogP contribution in [0.25, 0.3) is 0 Å². The molecule has 0 aliphatic rings. The molecule has 0 heterocycles. The fourth-order valence-electron chi connectivity index (χ4n) is 1.15. The molecule has 1 aromatic carbocycles. The number of benzene rings is 1. The van der Waals surface area contributed by atoms with Crippen LogP contribution < -0.4 is 0 Å². The standard InChI is InChI=1S/C13H18OS/c1-13(2,3)7-8-15-12-6-4-5-11(9-12)10-14/h4-6,9-10H,7-8H2,1-3H3. The first-order valence-electron chi connectivity index (χ1n) is 5.19. The molecule has 0 aromatic heterocycles. The monoisotopic (exact) mass is 222 g/mol. The molecule has 0 aliphatic heterocycles. The van der Waals surface area contributed by atoms with Gasteiger partial charge in [-0.3, -0.25) is 4.79 Å². The Morgan fingerprint density at radius 1 is 1.33 bits per heavy atom. The largest absolute Gasteiger partial charge is 0.298 e. The van der Waals surface area contributed by atoms with Crippen LogP contribution in [-0.2, 0) is 0 Å². The van der Waals surface area contributed by atoms with E-state index in [1.54, 1.807) is 0 Å². The lowest BCUT2D eigenvalue weighted by Crippen LogP contribution is -2.05.